The average Bonchev–Trinajstić information content (AvgIpc) is 3.25. The third-order valence-corrected chi connectivity index (χ3v) is 5.83. The van der Waals surface area contributed by atoms with E-state index in [9.17, 15) is 0 Å². The molecule has 156 valence electrons. The van der Waals surface area contributed by atoms with Crippen LogP contribution >= 0.6 is 11.3 Å². The van der Waals surface area contributed by atoms with Gasteiger partial charge in [0.25, 0.3) is 0 Å². The van der Waals surface area contributed by atoms with Gasteiger partial charge in [0.05, 0.1) is 17.1 Å². The van der Waals surface area contributed by atoms with Crippen molar-refractivity contribution in [3.05, 3.63) is 65.5 Å². The predicted molar refractivity (Wildman–Crippen MR) is 128 cm³/mol. The molecule has 3 aromatic rings. The van der Waals surface area contributed by atoms with Gasteiger partial charge in [-0.25, -0.2) is 0 Å². The quantitative estimate of drug-likeness (QED) is 0.303. The molecule has 1 heterocycles. The summed E-state index contributed by atoms with van der Waals surface area (Å²) >= 11 is 1.71. The van der Waals surface area contributed by atoms with Crippen LogP contribution in [0.1, 0.15) is 38.5 Å². The monoisotopic (exact) mass is 419 g/mol. The Morgan fingerprint density at radius 3 is 1.73 bits per heavy atom. The van der Waals surface area contributed by atoms with Crippen molar-refractivity contribution >= 4 is 39.1 Å². The Morgan fingerprint density at radius 2 is 1.20 bits per heavy atom. The highest BCUT2D eigenvalue weighted by Crippen LogP contribution is 2.29. The van der Waals surface area contributed by atoms with Gasteiger partial charge in [0, 0.05) is 23.7 Å². The molecular formula is C24H29N5S. The van der Waals surface area contributed by atoms with Gasteiger partial charge >= 0.3 is 0 Å². The molecule has 0 amide bonds. The number of azo groups is 2. The van der Waals surface area contributed by atoms with Crippen molar-refractivity contribution in [1.82, 2.24) is 0 Å². The fraction of sp³-hybridized carbons (Fsp3) is 0.333. The molecule has 0 N–H and O–H groups in total. The van der Waals surface area contributed by atoms with Crippen LogP contribution in [0.15, 0.2) is 81.1 Å². The van der Waals surface area contributed by atoms with Crippen molar-refractivity contribution in [2.75, 3.05) is 18.0 Å². The maximum Gasteiger partial charge on any atom is 0.139 e. The minimum Gasteiger partial charge on any atom is -0.372 e. The molecule has 0 spiro atoms. The van der Waals surface area contributed by atoms with Crippen LogP contribution in [0.2, 0.25) is 0 Å². The van der Waals surface area contributed by atoms with E-state index in [1.54, 1.807) is 11.3 Å². The van der Waals surface area contributed by atoms with Gasteiger partial charge in [-0.1, -0.05) is 13.3 Å². The Morgan fingerprint density at radius 1 is 0.667 bits per heavy atom. The number of hydrogen-bond acceptors (Lipinski definition) is 6. The first-order chi connectivity index (χ1) is 14.7. The summed E-state index contributed by atoms with van der Waals surface area (Å²) < 4.78 is 0. The predicted octanol–water partition coefficient (Wildman–Crippen LogP) is 8.77. The van der Waals surface area contributed by atoms with Crippen molar-refractivity contribution in [2.24, 2.45) is 20.5 Å². The zero-order valence-electron chi connectivity index (χ0n) is 18.0. The van der Waals surface area contributed by atoms with E-state index >= 15 is 0 Å². The Bertz CT molecular complexity index is 954. The second-order valence-corrected chi connectivity index (χ2v) is 8.10. The van der Waals surface area contributed by atoms with Gasteiger partial charge in [0.2, 0.25) is 0 Å². The van der Waals surface area contributed by atoms with Crippen LogP contribution < -0.4 is 4.90 Å². The molecule has 5 nitrogen and oxygen atoms in total. The summed E-state index contributed by atoms with van der Waals surface area (Å²) in [5, 5.41) is 18.3. The van der Waals surface area contributed by atoms with Crippen molar-refractivity contribution in [1.29, 1.82) is 0 Å². The second kappa shape index (κ2) is 11.4. The standard InChI is InChI=1S/C24H29N5S/c1-4-7-8-23-17-18-24(30-23)28-27-20-11-9-19(10-12-20)25-26-21-13-15-22(16-14-21)29(5-2)6-3/h9-18H,4-8H2,1-3H3. The van der Waals surface area contributed by atoms with Crippen molar-refractivity contribution in [2.45, 2.75) is 40.0 Å². The van der Waals surface area contributed by atoms with E-state index in [1.807, 2.05) is 42.5 Å². The zero-order chi connectivity index (χ0) is 21.2. The van der Waals surface area contributed by atoms with E-state index in [-0.39, 0.29) is 0 Å². The largest absolute Gasteiger partial charge is 0.372 e. The molecule has 0 aliphatic carbocycles. The SMILES string of the molecule is CCCCc1ccc(N=Nc2ccc(N=Nc3ccc(N(CC)CC)cc3)cc2)s1. The summed E-state index contributed by atoms with van der Waals surface area (Å²) in [6.45, 7) is 8.51. The average molecular weight is 420 g/mol. The molecule has 0 radical (unpaired) electrons. The van der Waals surface area contributed by atoms with Gasteiger partial charge in [-0.3, -0.25) is 0 Å². The molecule has 0 unspecified atom stereocenters. The van der Waals surface area contributed by atoms with Crippen LogP contribution in [0, 0.1) is 0 Å². The van der Waals surface area contributed by atoms with E-state index in [4.69, 9.17) is 0 Å². The van der Waals surface area contributed by atoms with Crippen LogP contribution in [0.5, 0.6) is 0 Å². The van der Waals surface area contributed by atoms with Gasteiger partial charge in [-0.15, -0.1) is 21.6 Å². The lowest BCUT2D eigenvalue weighted by molar-refractivity contribution is 0.804. The van der Waals surface area contributed by atoms with Gasteiger partial charge < -0.3 is 4.90 Å². The van der Waals surface area contributed by atoms with Crippen molar-refractivity contribution in [3.63, 3.8) is 0 Å². The van der Waals surface area contributed by atoms with Gasteiger partial charge in [-0.05, 0) is 87.4 Å². The number of anilines is 1. The number of nitrogens with zero attached hydrogens (tertiary/aromatic N) is 5. The lowest BCUT2D eigenvalue weighted by Gasteiger charge is -2.20. The number of rotatable bonds is 10. The van der Waals surface area contributed by atoms with E-state index in [1.165, 1.54) is 23.4 Å². The molecule has 0 saturated heterocycles. The summed E-state index contributed by atoms with van der Waals surface area (Å²) in [7, 11) is 0. The van der Waals surface area contributed by atoms with Crippen LogP contribution in [-0.4, -0.2) is 13.1 Å². The highest BCUT2D eigenvalue weighted by molar-refractivity contribution is 7.15. The Kier molecular flexibility index (Phi) is 8.27. The van der Waals surface area contributed by atoms with Crippen molar-refractivity contribution < 1.29 is 0 Å². The van der Waals surface area contributed by atoms with Crippen LogP contribution in [0.4, 0.5) is 27.8 Å². The van der Waals surface area contributed by atoms with Crippen LogP contribution in [-0.2, 0) is 6.42 Å². The van der Waals surface area contributed by atoms with Crippen LogP contribution in [0.3, 0.4) is 0 Å². The molecule has 30 heavy (non-hydrogen) atoms. The normalized spacial score (nSPS) is 11.6. The first kappa shape index (κ1) is 21.8. The van der Waals surface area contributed by atoms with E-state index in [2.05, 4.69) is 64.3 Å². The van der Waals surface area contributed by atoms with Gasteiger partial charge in [-0.2, -0.15) is 10.2 Å². The molecule has 0 atom stereocenters. The first-order valence-electron chi connectivity index (χ1n) is 10.6. The lowest BCUT2D eigenvalue weighted by Crippen LogP contribution is -2.21. The van der Waals surface area contributed by atoms with Crippen molar-refractivity contribution in [3.8, 4) is 0 Å². The zero-order valence-corrected chi connectivity index (χ0v) is 18.8. The number of unbranched alkanes of at least 4 members (excludes halogenated alkanes) is 1. The molecule has 0 aliphatic rings. The number of benzene rings is 2. The number of aryl methyl sites for hydroxylation is 1. The summed E-state index contributed by atoms with van der Waals surface area (Å²) in [5.74, 6) is 0. The molecule has 0 aliphatic heterocycles. The first-order valence-corrected chi connectivity index (χ1v) is 11.4. The minimum absolute atomic E-state index is 0.791. The third kappa shape index (κ3) is 6.32. The fourth-order valence-corrected chi connectivity index (χ4v) is 3.90. The molecule has 2 aromatic carbocycles. The lowest BCUT2D eigenvalue weighted by atomic mass is 10.2. The van der Waals surface area contributed by atoms with E-state index < -0.39 is 0 Å². The molecule has 6 heteroatoms. The fourth-order valence-electron chi connectivity index (χ4n) is 3.03. The second-order valence-electron chi connectivity index (χ2n) is 6.95. The topological polar surface area (TPSA) is 52.7 Å². The van der Waals surface area contributed by atoms with Gasteiger partial charge in [0.1, 0.15) is 5.00 Å². The van der Waals surface area contributed by atoms with Gasteiger partial charge in [0.15, 0.2) is 0 Å². The Labute approximate surface area is 183 Å². The van der Waals surface area contributed by atoms with E-state index in [0.29, 0.717) is 0 Å². The van der Waals surface area contributed by atoms with E-state index in [0.717, 1.165) is 41.6 Å². The summed E-state index contributed by atoms with van der Waals surface area (Å²) in [4.78, 5) is 3.67. The smallest absolute Gasteiger partial charge is 0.139 e. The summed E-state index contributed by atoms with van der Waals surface area (Å²) in [6, 6.07) is 20.0. The molecule has 0 saturated carbocycles. The molecule has 1 aromatic heterocycles. The minimum atomic E-state index is 0.791. The Balaban J connectivity index is 1.58. The summed E-state index contributed by atoms with van der Waals surface area (Å²) in [5.41, 5.74) is 3.64. The Hall–Kier alpha value is -2.86. The third-order valence-electron chi connectivity index (χ3n) is 4.80. The molecule has 3 rings (SSSR count). The molecule has 0 bridgehead atoms. The highest BCUT2D eigenvalue weighted by Gasteiger charge is 2.01. The maximum absolute atomic E-state index is 4.35. The number of thiophene rings is 1. The highest BCUT2D eigenvalue weighted by atomic mass is 32.1. The summed E-state index contributed by atoms with van der Waals surface area (Å²) in [6.07, 6.45) is 3.54. The number of hydrogen-bond donors (Lipinski definition) is 0. The molecule has 0 fully saturated rings. The maximum atomic E-state index is 4.35. The molecular weight excluding hydrogens is 390 g/mol. The van der Waals surface area contributed by atoms with Crippen LogP contribution in [0.25, 0.3) is 0 Å².